The number of esters is 2. The number of aryl methyl sites for hydroxylation is 1. The molecule has 0 saturated carbocycles. The van der Waals surface area contributed by atoms with Gasteiger partial charge in [0.2, 0.25) is 0 Å². The molecule has 0 saturated heterocycles. The van der Waals surface area contributed by atoms with Crippen LogP contribution in [-0.4, -0.2) is 46.3 Å². The average molecular weight is 453 g/mol. The highest BCUT2D eigenvalue weighted by atomic mass is 16.6. The summed E-state index contributed by atoms with van der Waals surface area (Å²) in [6.45, 7) is 8.53. The summed E-state index contributed by atoms with van der Waals surface area (Å²) in [4.78, 5) is 32.1. The molecule has 1 aromatic carbocycles. The number of hydrogen-bond acceptors (Lipinski definition) is 7. The van der Waals surface area contributed by atoms with Crippen molar-refractivity contribution in [1.82, 2.24) is 9.97 Å². The van der Waals surface area contributed by atoms with Crippen molar-refractivity contribution in [2.45, 2.75) is 51.6 Å². The second kappa shape index (κ2) is 14.0. The van der Waals surface area contributed by atoms with Crippen LogP contribution in [0.4, 0.5) is 0 Å². The van der Waals surface area contributed by atoms with Gasteiger partial charge in [-0.25, -0.2) is 19.6 Å². The molecule has 176 valence electrons. The van der Waals surface area contributed by atoms with Crippen LogP contribution >= 0.6 is 0 Å². The van der Waals surface area contributed by atoms with Crippen LogP contribution in [0.5, 0.6) is 0 Å². The van der Waals surface area contributed by atoms with Crippen molar-refractivity contribution in [3.05, 3.63) is 72.9 Å². The van der Waals surface area contributed by atoms with Gasteiger partial charge in [0.1, 0.15) is 11.9 Å². The number of aliphatic hydroxyl groups is 1. The van der Waals surface area contributed by atoms with Crippen molar-refractivity contribution < 1.29 is 24.2 Å². The number of hydrogen-bond donors (Lipinski definition) is 1. The highest BCUT2D eigenvalue weighted by Crippen LogP contribution is 2.19. The van der Waals surface area contributed by atoms with E-state index < -0.39 is 24.6 Å². The molecule has 1 heterocycles. The summed E-state index contributed by atoms with van der Waals surface area (Å²) >= 11 is 0. The van der Waals surface area contributed by atoms with Gasteiger partial charge < -0.3 is 14.6 Å². The van der Waals surface area contributed by atoms with Crippen molar-refractivity contribution in [3.8, 4) is 11.1 Å². The van der Waals surface area contributed by atoms with Gasteiger partial charge in [-0.1, -0.05) is 57.2 Å². The van der Waals surface area contributed by atoms with Gasteiger partial charge in [0.15, 0.2) is 0 Å². The molecule has 33 heavy (non-hydrogen) atoms. The average Bonchev–Trinajstić information content (AvgIpc) is 2.84. The number of ether oxygens (including phenoxy) is 2. The van der Waals surface area contributed by atoms with Gasteiger partial charge in [0, 0.05) is 36.9 Å². The summed E-state index contributed by atoms with van der Waals surface area (Å²) in [6, 6.07) is 8.42. The molecule has 1 atom stereocenters. The summed E-state index contributed by atoms with van der Waals surface area (Å²) in [7, 11) is 0. The molecule has 0 bridgehead atoms. The van der Waals surface area contributed by atoms with E-state index in [0.29, 0.717) is 5.82 Å². The van der Waals surface area contributed by atoms with E-state index in [1.807, 2.05) is 0 Å². The largest absolute Gasteiger partial charge is 0.462 e. The fraction of sp³-hybridized carbons (Fsp3) is 0.385. The van der Waals surface area contributed by atoms with E-state index in [9.17, 15) is 9.59 Å². The Balaban J connectivity index is 1.97. The number of carbonyl (C=O) groups excluding carboxylic acids is 2. The maximum absolute atomic E-state index is 11.7. The minimum atomic E-state index is -0.691. The number of aromatic nitrogens is 2. The van der Waals surface area contributed by atoms with Crippen LogP contribution < -0.4 is 0 Å². The molecule has 1 aromatic heterocycles. The van der Waals surface area contributed by atoms with Crippen molar-refractivity contribution in [3.63, 3.8) is 0 Å². The Morgan fingerprint density at radius 3 is 2.42 bits per heavy atom. The minimum absolute atomic E-state index is 0.00433. The van der Waals surface area contributed by atoms with E-state index in [4.69, 9.17) is 14.6 Å². The first-order chi connectivity index (χ1) is 16.0. The Bertz CT molecular complexity index is 923. The van der Waals surface area contributed by atoms with E-state index in [1.54, 1.807) is 12.4 Å². The van der Waals surface area contributed by atoms with Crippen LogP contribution in [0.1, 0.15) is 44.0 Å². The topological polar surface area (TPSA) is 98.6 Å². The van der Waals surface area contributed by atoms with Crippen LogP contribution in [0.15, 0.2) is 61.5 Å². The maximum Gasteiger partial charge on any atom is 0.335 e. The van der Waals surface area contributed by atoms with Crippen LogP contribution in [0, 0.1) is 0 Å². The molecule has 2 aromatic rings. The number of unbranched alkanes of at least 4 members (excludes halogenated alkanes) is 2. The van der Waals surface area contributed by atoms with Gasteiger partial charge in [0.25, 0.3) is 0 Å². The molecule has 1 unspecified atom stereocenters. The first-order valence-corrected chi connectivity index (χ1v) is 11.2. The Labute approximate surface area is 195 Å². The van der Waals surface area contributed by atoms with E-state index in [0.717, 1.165) is 23.6 Å². The van der Waals surface area contributed by atoms with Crippen LogP contribution in [0.3, 0.4) is 0 Å². The summed E-state index contributed by atoms with van der Waals surface area (Å²) in [5.74, 6) is -0.770. The molecule has 0 aliphatic rings. The molecule has 0 radical (unpaired) electrons. The van der Waals surface area contributed by atoms with Gasteiger partial charge in [-0.3, -0.25) is 0 Å². The lowest BCUT2D eigenvalue weighted by molar-refractivity contribution is -0.145. The Morgan fingerprint density at radius 2 is 1.82 bits per heavy atom. The molecule has 0 amide bonds. The van der Waals surface area contributed by atoms with Crippen molar-refractivity contribution >= 4 is 11.9 Å². The van der Waals surface area contributed by atoms with Gasteiger partial charge in [-0.15, -0.1) is 0 Å². The first kappa shape index (κ1) is 25.9. The minimum Gasteiger partial charge on any atom is -0.462 e. The lowest BCUT2D eigenvalue weighted by Crippen LogP contribution is -2.23. The molecular weight excluding hydrogens is 420 g/mol. The summed E-state index contributed by atoms with van der Waals surface area (Å²) < 4.78 is 10.4. The van der Waals surface area contributed by atoms with Gasteiger partial charge in [-0.05, 0) is 24.0 Å². The molecule has 0 aliphatic heterocycles. The zero-order valence-electron chi connectivity index (χ0n) is 19.2. The monoisotopic (exact) mass is 452 g/mol. The fourth-order valence-electron chi connectivity index (χ4n) is 3.12. The van der Waals surface area contributed by atoms with Crippen molar-refractivity contribution in [2.75, 3.05) is 13.2 Å². The van der Waals surface area contributed by atoms with E-state index >= 15 is 0 Å². The molecular formula is C26H32N2O5. The smallest absolute Gasteiger partial charge is 0.335 e. The predicted octanol–water partition coefficient (Wildman–Crippen LogP) is 4.00. The lowest BCUT2D eigenvalue weighted by atomic mass is 10.0. The number of carbonyl (C=O) groups is 2. The first-order valence-electron chi connectivity index (χ1n) is 11.2. The second-order valence-corrected chi connectivity index (χ2v) is 7.70. The summed E-state index contributed by atoms with van der Waals surface area (Å²) in [5, 5.41) is 8.92. The van der Waals surface area contributed by atoms with Crippen LogP contribution in [0.2, 0.25) is 0 Å². The maximum atomic E-state index is 11.7. The van der Waals surface area contributed by atoms with E-state index in [2.05, 4.69) is 54.3 Å². The van der Waals surface area contributed by atoms with Crippen molar-refractivity contribution in [1.29, 1.82) is 0 Å². The lowest BCUT2D eigenvalue weighted by Gasteiger charge is -2.16. The highest BCUT2D eigenvalue weighted by molar-refractivity contribution is 5.87. The number of nitrogens with zero attached hydrogens (tertiary/aromatic N) is 2. The Hall–Kier alpha value is -3.32. The SMILES string of the molecule is C=CC(=O)OC(CCOC(=O)C(=C)CO)Cc1ncc(-c2ccc(CCCCC)cc2)cn1. The number of rotatable bonds is 14. The normalized spacial score (nSPS) is 11.5. The summed E-state index contributed by atoms with van der Waals surface area (Å²) in [5.41, 5.74) is 3.21. The molecule has 0 fully saturated rings. The zero-order valence-corrected chi connectivity index (χ0v) is 19.2. The fourth-order valence-corrected chi connectivity index (χ4v) is 3.12. The van der Waals surface area contributed by atoms with E-state index in [1.165, 1.54) is 24.8 Å². The Kier molecular flexibility index (Phi) is 11.0. The molecule has 0 spiro atoms. The number of aliphatic hydroxyl groups excluding tert-OH is 1. The third-order valence-corrected chi connectivity index (χ3v) is 5.07. The molecule has 0 aliphatic carbocycles. The van der Waals surface area contributed by atoms with Crippen LogP contribution in [0.25, 0.3) is 11.1 Å². The van der Waals surface area contributed by atoms with Crippen molar-refractivity contribution in [2.24, 2.45) is 0 Å². The third-order valence-electron chi connectivity index (χ3n) is 5.07. The Morgan fingerprint density at radius 1 is 1.12 bits per heavy atom. The third kappa shape index (κ3) is 8.98. The summed E-state index contributed by atoms with van der Waals surface area (Å²) in [6.07, 6.45) is 9.18. The van der Waals surface area contributed by atoms with Gasteiger partial charge in [0.05, 0.1) is 18.8 Å². The zero-order chi connectivity index (χ0) is 24.1. The second-order valence-electron chi connectivity index (χ2n) is 7.70. The molecule has 7 heteroatoms. The number of benzene rings is 1. The van der Waals surface area contributed by atoms with E-state index in [-0.39, 0.29) is 25.0 Å². The molecule has 1 N–H and O–H groups in total. The van der Waals surface area contributed by atoms with Gasteiger partial charge >= 0.3 is 11.9 Å². The standard InChI is InChI=1S/C26H32N2O5/c1-4-6-7-8-20-9-11-21(12-10-20)22-16-27-24(28-17-22)15-23(33-25(30)5-2)13-14-32-26(31)19(3)18-29/h5,9-12,16-17,23,29H,2-4,6-8,13-15,18H2,1H3. The molecule has 2 rings (SSSR count). The predicted molar refractivity (Wildman–Crippen MR) is 126 cm³/mol. The quantitative estimate of drug-likeness (QED) is 0.263. The molecule has 7 nitrogen and oxygen atoms in total. The van der Waals surface area contributed by atoms with Gasteiger partial charge in [-0.2, -0.15) is 0 Å². The van der Waals surface area contributed by atoms with Crippen LogP contribution in [-0.2, 0) is 31.9 Å². The highest BCUT2D eigenvalue weighted by Gasteiger charge is 2.17.